The Labute approximate surface area is 77.2 Å². The van der Waals surface area contributed by atoms with Crippen LogP contribution in [0.4, 0.5) is 5.69 Å². The molecule has 0 bridgehead atoms. The van der Waals surface area contributed by atoms with Crippen LogP contribution in [0.1, 0.15) is 6.92 Å². The number of amides is 1. The Hall–Kier alpha value is -1.82. The van der Waals surface area contributed by atoms with E-state index in [1.54, 1.807) is 19.1 Å². The molecule has 0 heterocycles. The van der Waals surface area contributed by atoms with Gasteiger partial charge >= 0.3 is 5.91 Å². The number of carbonyl (C=O) groups is 1. The molecule has 0 aliphatic rings. The zero-order chi connectivity index (χ0) is 9.68. The molecule has 0 aliphatic heterocycles. The molecule has 1 atom stereocenters. The van der Waals surface area contributed by atoms with Gasteiger partial charge in [-0.15, -0.1) is 0 Å². The summed E-state index contributed by atoms with van der Waals surface area (Å²) in [7, 11) is 0. The fourth-order valence-corrected chi connectivity index (χ4v) is 0.827. The third kappa shape index (κ3) is 2.60. The Morgan fingerprint density at radius 3 is 2.62 bits per heavy atom. The third-order valence-electron chi connectivity index (χ3n) is 1.61. The summed E-state index contributed by atoms with van der Waals surface area (Å²) in [5.41, 5.74) is 0.725. The van der Waals surface area contributed by atoms with Gasteiger partial charge in [0.05, 0.1) is 0 Å². The Morgan fingerprint density at radius 2 is 2.08 bits per heavy atom. The second-order valence-electron chi connectivity index (χ2n) is 2.66. The minimum atomic E-state index is -0.625. The molecule has 1 rings (SSSR count). The standard InChI is InChI=1S/C10H10N2O/c1-8(11-2)10(13)12-9-6-4-3-5-7-9/h3-8H,1H3,(H,12,13). The molecule has 1 amide bonds. The highest BCUT2D eigenvalue weighted by molar-refractivity contribution is 5.95. The molecule has 13 heavy (non-hydrogen) atoms. The summed E-state index contributed by atoms with van der Waals surface area (Å²) in [6.07, 6.45) is 0. The zero-order valence-electron chi connectivity index (χ0n) is 7.32. The predicted molar refractivity (Wildman–Crippen MR) is 51.1 cm³/mol. The number of benzene rings is 1. The molecule has 66 valence electrons. The van der Waals surface area contributed by atoms with Crippen LogP contribution in [0.2, 0.25) is 0 Å². The van der Waals surface area contributed by atoms with Crippen LogP contribution in [0.15, 0.2) is 30.3 Å². The predicted octanol–water partition coefficient (Wildman–Crippen LogP) is 1.93. The molecule has 0 aromatic heterocycles. The Kier molecular flexibility index (Phi) is 3.04. The van der Waals surface area contributed by atoms with E-state index in [1.165, 1.54) is 0 Å². The monoisotopic (exact) mass is 174 g/mol. The van der Waals surface area contributed by atoms with Crippen LogP contribution in [0.25, 0.3) is 4.85 Å². The van der Waals surface area contributed by atoms with Crippen molar-refractivity contribution in [1.29, 1.82) is 0 Å². The first kappa shape index (κ1) is 9.27. The van der Waals surface area contributed by atoms with Crippen LogP contribution in [0.3, 0.4) is 0 Å². The van der Waals surface area contributed by atoms with E-state index in [0.717, 1.165) is 5.69 Å². The van der Waals surface area contributed by atoms with Crippen molar-refractivity contribution in [2.75, 3.05) is 5.32 Å². The maximum absolute atomic E-state index is 11.2. The van der Waals surface area contributed by atoms with Gasteiger partial charge in [-0.3, -0.25) is 4.79 Å². The number of carbonyl (C=O) groups excluding carboxylic acids is 1. The number of para-hydroxylation sites is 1. The lowest BCUT2D eigenvalue weighted by Crippen LogP contribution is -2.21. The molecule has 3 heteroatoms. The highest BCUT2D eigenvalue weighted by Gasteiger charge is 2.15. The molecule has 1 aromatic carbocycles. The van der Waals surface area contributed by atoms with E-state index in [0.29, 0.717) is 0 Å². The smallest absolute Gasteiger partial charge is 0.307 e. The Bertz CT molecular complexity index is 327. The molecular formula is C10H10N2O. The Morgan fingerprint density at radius 1 is 1.46 bits per heavy atom. The summed E-state index contributed by atoms with van der Waals surface area (Å²) in [4.78, 5) is 14.3. The lowest BCUT2D eigenvalue weighted by molar-refractivity contribution is -0.116. The van der Waals surface area contributed by atoms with Gasteiger partial charge in [-0.1, -0.05) is 18.2 Å². The number of anilines is 1. The average Bonchev–Trinajstić information content (AvgIpc) is 2.18. The summed E-state index contributed by atoms with van der Waals surface area (Å²) in [5, 5.41) is 2.64. The lowest BCUT2D eigenvalue weighted by atomic mass is 10.3. The summed E-state index contributed by atoms with van der Waals surface area (Å²) in [5.74, 6) is -0.263. The van der Waals surface area contributed by atoms with Gasteiger partial charge in [0.15, 0.2) is 0 Å². The summed E-state index contributed by atoms with van der Waals surface area (Å²) in [6.45, 7) is 8.24. The van der Waals surface area contributed by atoms with Crippen LogP contribution < -0.4 is 5.32 Å². The summed E-state index contributed by atoms with van der Waals surface area (Å²) < 4.78 is 0. The SMILES string of the molecule is [C-]#[N+]C(C)C(=O)Nc1ccccc1. The van der Waals surface area contributed by atoms with Crippen LogP contribution >= 0.6 is 0 Å². The van der Waals surface area contributed by atoms with Crippen LogP contribution in [0, 0.1) is 6.57 Å². The zero-order valence-corrected chi connectivity index (χ0v) is 7.32. The van der Waals surface area contributed by atoms with Crippen LogP contribution in [-0.4, -0.2) is 11.9 Å². The number of rotatable bonds is 2. The highest BCUT2D eigenvalue weighted by atomic mass is 16.2. The van der Waals surface area contributed by atoms with E-state index in [1.807, 2.05) is 18.2 Å². The van der Waals surface area contributed by atoms with Crippen molar-refractivity contribution < 1.29 is 4.79 Å². The number of nitrogens with one attached hydrogen (secondary N) is 1. The third-order valence-corrected chi connectivity index (χ3v) is 1.61. The first-order valence-electron chi connectivity index (χ1n) is 3.96. The van der Waals surface area contributed by atoms with E-state index < -0.39 is 6.04 Å². The van der Waals surface area contributed by atoms with Gasteiger partial charge in [0.2, 0.25) is 0 Å². The van der Waals surface area contributed by atoms with Crippen molar-refractivity contribution in [3.8, 4) is 0 Å². The molecule has 0 saturated heterocycles. The first-order valence-corrected chi connectivity index (χ1v) is 3.96. The van der Waals surface area contributed by atoms with E-state index in [2.05, 4.69) is 10.2 Å². The lowest BCUT2D eigenvalue weighted by Gasteiger charge is -2.02. The fraction of sp³-hybridized carbons (Fsp3) is 0.200. The highest BCUT2D eigenvalue weighted by Crippen LogP contribution is 2.05. The molecule has 0 aliphatic carbocycles. The first-order chi connectivity index (χ1) is 6.24. The number of hydrogen-bond acceptors (Lipinski definition) is 1. The van der Waals surface area contributed by atoms with Gasteiger partial charge in [0, 0.05) is 12.6 Å². The molecule has 1 aromatic rings. The van der Waals surface area contributed by atoms with Gasteiger partial charge in [-0.2, -0.15) is 0 Å². The topological polar surface area (TPSA) is 33.5 Å². The molecule has 1 N–H and O–H groups in total. The van der Waals surface area contributed by atoms with E-state index >= 15 is 0 Å². The number of nitrogens with zero attached hydrogens (tertiary/aromatic N) is 1. The second-order valence-corrected chi connectivity index (χ2v) is 2.66. The Balaban J connectivity index is 2.62. The molecule has 1 unspecified atom stereocenters. The van der Waals surface area contributed by atoms with Crippen molar-refractivity contribution in [3.63, 3.8) is 0 Å². The van der Waals surface area contributed by atoms with Crippen LogP contribution in [-0.2, 0) is 4.79 Å². The van der Waals surface area contributed by atoms with Gasteiger partial charge in [0.25, 0.3) is 6.04 Å². The molecule has 3 nitrogen and oxygen atoms in total. The maximum atomic E-state index is 11.2. The van der Waals surface area contributed by atoms with Gasteiger partial charge in [0.1, 0.15) is 0 Å². The van der Waals surface area contributed by atoms with E-state index in [-0.39, 0.29) is 5.91 Å². The summed E-state index contributed by atoms with van der Waals surface area (Å²) in [6, 6.07) is 8.48. The van der Waals surface area contributed by atoms with Gasteiger partial charge in [-0.05, 0) is 12.1 Å². The van der Waals surface area contributed by atoms with Crippen molar-refractivity contribution in [1.82, 2.24) is 0 Å². The van der Waals surface area contributed by atoms with Gasteiger partial charge in [-0.25, -0.2) is 6.57 Å². The van der Waals surface area contributed by atoms with Gasteiger partial charge < -0.3 is 10.2 Å². The van der Waals surface area contributed by atoms with Crippen molar-refractivity contribution in [2.45, 2.75) is 13.0 Å². The van der Waals surface area contributed by atoms with E-state index in [4.69, 9.17) is 6.57 Å². The van der Waals surface area contributed by atoms with E-state index in [9.17, 15) is 4.79 Å². The molecule has 0 fully saturated rings. The average molecular weight is 174 g/mol. The quantitative estimate of drug-likeness (QED) is 0.683. The minimum Gasteiger partial charge on any atom is -0.319 e. The fourth-order valence-electron chi connectivity index (χ4n) is 0.827. The molecule has 0 spiro atoms. The second kappa shape index (κ2) is 4.27. The molecular weight excluding hydrogens is 164 g/mol. The molecule has 0 radical (unpaired) electrons. The van der Waals surface area contributed by atoms with Crippen molar-refractivity contribution in [2.24, 2.45) is 0 Å². The van der Waals surface area contributed by atoms with Crippen LogP contribution in [0.5, 0.6) is 0 Å². The van der Waals surface area contributed by atoms with Crippen molar-refractivity contribution >= 4 is 11.6 Å². The maximum Gasteiger partial charge on any atom is 0.307 e. The normalized spacial score (nSPS) is 11.4. The summed E-state index contributed by atoms with van der Waals surface area (Å²) >= 11 is 0. The minimum absolute atomic E-state index is 0.263. The van der Waals surface area contributed by atoms with Crippen molar-refractivity contribution in [3.05, 3.63) is 41.7 Å². The number of hydrogen-bond donors (Lipinski definition) is 1. The molecule has 0 saturated carbocycles. The largest absolute Gasteiger partial charge is 0.319 e.